The summed E-state index contributed by atoms with van der Waals surface area (Å²) in [7, 11) is 1.81. The predicted octanol–water partition coefficient (Wildman–Crippen LogP) is 5.25. The number of allylic oxidation sites excluding steroid dienone is 4. The van der Waals surface area contributed by atoms with Crippen LogP contribution < -0.4 is 0 Å². The molecule has 0 amide bonds. The van der Waals surface area contributed by atoms with E-state index >= 15 is 0 Å². The fraction of sp³-hybridized carbons (Fsp3) is 0.750. The summed E-state index contributed by atoms with van der Waals surface area (Å²) >= 11 is 0. The Morgan fingerprint density at radius 1 is 1.31 bits per heavy atom. The van der Waals surface area contributed by atoms with Crippen LogP contribution in [0.25, 0.3) is 0 Å². The van der Waals surface area contributed by atoms with E-state index in [0.717, 1.165) is 54.6 Å². The second-order valence-corrected chi connectivity index (χ2v) is 9.72. The Kier molecular flexibility index (Phi) is 3.77. The van der Waals surface area contributed by atoms with Crippen molar-refractivity contribution in [1.29, 1.82) is 0 Å². The standard InChI is InChI=1S/C24H34O2/c1-4-11-24(25)21-14-20(21)22-19-8-6-15-13-16(26-3)7-9-17(15)18(19)10-12-23(22,24)5-2/h4,6,13,17-22,25H,1,5,7-12,14H2,2-3H3/t17-,18+,19+,20+,21-,22+,23-,24-/m0/s1. The number of hydrogen-bond acceptors (Lipinski definition) is 2. The Labute approximate surface area is 158 Å². The van der Waals surface area contributed by atoms with Crippen LogP contribution in [-0.2, 0) is 4.74 Å². The summed E-state index contributed by atoms with van der Waals surface area (Å²) in [5, 5.41) is 11.8. The molecule has 3 fully saturated rings. The molecule has 5 aliphatic carbocycles. The van der Waals surface area contributed by atoms with Gasteiger partial charge in [-0.15, -0.1) is 6.58 Å². The number of fused-ring (bicyclic) bond motifs is 7. The molecule has 1 N–H and O–H groups in total. The molecule has 2 nitrogen and oxygen atoms in total. The molecule has 8 atom stereocenters. The van der Waals surface area contributed by atoms with Crippen LogP contribution >= 0.6 is 0 Å². The first-order chi connectivity index (χ1) is 12.6. The van der Waals surface area contributed by atoms with E-state index in [2.05, 4.69) is 25.7 Å². The summed E-state index contributed by atoms with van der Waals surface area (Å²) in [6, 6.07) is 0. The smallest absolute Gasteiger partial charge is 0.0958 e. The fourth-order valence-corrected chi connectivity index (χ4v) is 8.29. The van der Waals surface area contributed by atoms with E-state index in [4.69, 9.17) is 4.74 Å². The zero-order valence-corrected chi connectivity index (χ0v) is 16.4. The Hall–Kier alpha value is -1.02. The molecule has 3 saturated carbocycles. The van der Waals surface area contributed by atoms with Crippen LogP contribution in [0.4, 0.5) is 0 Å². The Balaban J connectivity index is 1.51. The van der Waals surface area contributed by atoms with Gasteiger partial charge in [0.15, 0.2) is 0 Å². The number of rotatable bonds is 4. The highest BCUT2D eigenvalue weighted by Crippen LogP contribution is 2.77. The highest BCUT2D eigenvalue weighted by Gasteiger charge is 2.75. The average molecular weight is 355 g/mol. The molecule has 0 bridgehead atoms. The molecular weight excluding hydrogens is 320 g/mol. The van der Waals surface area contributed by atoms with Gasteiger partial charge in [0, 0.05) is 11.8 Å². The number of ether oxygens (including phenoxy) is 1. The van der Waals surface area contributed by atoms with Crippen LogP contribution in [0.15, 0.2) is 36.1 Å². The van der Waals surface area contributed by atoms with E-state index in [0.29, 0.717) is 5.92 Å². The van der Waals surface area contributed by atoms with Crippen molar-refractivity contribution >= 4 is 0 Å². The summed E-state index contributed by atoms with van der Waals surface area (Å²) in [6.45, 7) is 6.33. The minimum atomic E-state index is -0.483. The SMILES string of the molecule is C=CC[C@]1(O)[C@H]2C[C@H]2[C@H]2[C@@H]3CC=C4C=C(OC)CC[C@@H]4[C@H]3CC[C@@]21CC. The molecule has 5 aliphatic rings. The largest absolute Gasteiger partial charge is 0.501 e. The molecule has 0 heterocycles. The van der Waals surface area contributed by atoms with Gasteiger partial charge in [0.25, 0.3) is 0 Å². The molecular formula is C24H34O2. The number of methoxy groups -OCH3 is 1. The van der Waals surface area contributed by atoms with E-state index in [9.17, 15) is 5.11 Å². The van der Waals surface area contributed by atoms with Gasteiger partial charge in [0.2, 0.25) is 0 Å². The Morgan fingerprint density at radius 2 is 2.15 bits per heavy atom. The third-order valence-electron chi connectivity index (χ3n) is 9.30. The maximum absolute atomic E-state index is 11.8. The first-order valence-corrected chi connectivity index (χ1v) is 10.9. The minimum absolute atomic E-state index is 0.142. The molecule has 26 heavy (non-hydrogen) atoms. The van der Waals surface area contributed by atoms with Gasteiger partial charge in [0.1, 0.15) is 0 Å². The van der Waals surface area contributed by atoms with Gasteiger partial charge in [-0.25, -0.2) is 0 Å². The number of hydrogen-bond donors (Lipinski definition) is 1. The van der Waals surface area contributed by atoms with Gasteiger partial charge in [-0.2, -0.15) is 0 Å². The molecule has 0 aromatic heterocycles. The van der Waals surface area contributed by atoms with Crippen LogP contribution in [0.1, 0.15) is 58.3 Å². The minimum Gasteiger partial charge on any atom is -0.501 e. The van der Waals surface area contributed by atoms with Crippen LogP contribution in [-0.4, -0.2) is 17.8 Å². The van der Waals surface area contributed by atoms with Gasteiger partial charge < -0.3 is 9.84 Å². The van der Waals surface area contributed by atoms with Crippen molar-refractivity contribution in [2.24, 2.45) is 40.9 Å². The lowest BCUT2D eigenvalue weighted by Gasteiger charge is -2.57. The molecule has 0 aromatic carbocycles. The molecule has 0 saturated heterocycles. The second-order valence-electron chi connectivity index (χ2n) is 9.72. The van der Waals surface area contributed by atoms with Crippen molar-refractivity contribution in [3.63, 3.8) is 0 Å². The second kappa shape index (κ2) is 5.74. The van der Waals surface area contributed by atoms with Crippen LogP contribution in [0.2, 0.25) is 0 Å². The summed E-state index contributed by atoms with van der Waals surface area (Å²) in [4.78, 5) is 0. The quantitative estimate of drug-likeness (QED) is 0.699. The van der Waals surface area contributed by atoms with Crippen LogP contribution in [0.5, 0.6) is 0 Å². The normalized spacial score (nSPS) is 51.2. The summed E-state index contributed by atoms with van der Waals surface area (Å²) < 4.78 is 5.53. The van der Waals surface area contributed by atoms with Gasteiger partial charge >= 0.3 is 0 Å². The first-order valence-electron chi connectivity index (χ1n) is 10.9. The first kappa shape index (κ1) is 17.1. The molecule has 142 valence electrons. The van der Waals surface area contributed by atoms with Crippen molar-refractivity contribution in [1.82, 2.24) is 0 Å². The van der Waals surface area contributed by atoms with Gasteiger partial charge in [-0.05, 0) is 92.1 Å². The van der Waals surface area contributed by atoms with Crippen molar-refractivity contribution in [3.05, 3.63) is 36.1 Å². The monoisotopic (exact) mass is 354 g/mol. The Bertz CT molecular complexity index is 676. The lowest BCUT2D eigenvalue weighted by molar-refractivity contribution is -0.146. The third-order valence-corrected chi connectivity index (χ3v) is 9.30. The molecule has 0 unspecified atom stereocenters. The van der Waals surface area contributed by atoms with E-state index in [-0.39, 0.29) is 5.41 Å². The summed E-state index contributed by atoms with van der Waals surface area (Å²) in [5.74, 6) is 5.54. The Morgan fingerprint density at radius 3 is 2.88 bits per heavy atom. The lowest BCUT2D eigenvalue weighted by Crippen LogP contribution is -2.56. The van der Waals surface area contributed by atoms with E-state index in [1.807, 2.05) is 6.08 Å². The summed E-state index contributed by atoms with van der Waals surface area (Å²) in [5.41, 5.74) is 1.21. The van der Waals surface area contributed by atoms with Crippen LogP contribution in [0.3, 0.4) is 0 Å². The van der Waals surface area contributed by atoms with Crippen molar-refractivity contribution in [3.8, 4) is 0 Å². The highest BCUT2D eigenvalue weighted by molar-refractivity contribution is 5.33. The zero-order chi connectivity index (χ0) is 18.1. The van der Waals surface area contributed by atoms with E-state index in [1.54, 1.807) is 12.7 Å². The maximum atomic E-state index is 11.8. The van der Waals surface area contributed by atoms with E-state index < -0.39 is 5.60 Å². The molecule has 0 radical (unpaired) electrons. The average Bonchev–Trinajstić information content (AvgIpc) is 3.43. The van der Waals surface area contributed by atoms with Crippen LogP contribution in [0, 0.1) is 40.9 Å². The number of aliphatic hydroxyl groups is 1. The molecule has 5 rings (SSSR count). The zero-order valence-electron chi connectivity index (χ0n) is 16.4. The molecule has 0 spiro atoms. The van der Waals surface area contributed by atoms with Crippen molar-refractivity contribution in [2.45, 2.75) is 63.9 Å². The third kappa shape index (κ3) is 1.97. The molecule has 0 aliphatic heterocycles. The maximum Gasteiger partial charge on any atom is 0.0958 e. The highest BCUT2D eigenvalue weighted by atomic mass is 16.5. The van der Waals surface area contributed by atoms with E-state index in [1.165, 1.54) is 32.1 Å². The fourth-order valence-electron chi connectivity index (χ4n) is 8.29. The molecule has 0 aromatic rings. The predicted molar refractivity (Wildman–Crippen MR) is 104 cm³/mol. The van der Waals surface area contributed by atoms with Gasteiger partial charge in [-0.1, -0.05) is 19.1 Å². The summed E-state index contributed by atoms with van der Waals surface area (Å²) in [6.07, 6.45) is 16.1. The van der Waals surface area contributed by atoms with Crippen molar-refractivity contribution in [2.75, 3.05) is 7.11 Å². The molecule has 2 heteroatoms. The van der Waals surface area contributed by atoms with Crippen molar-refractivity contribution < 1.29 is 9.84 Å². The van der Waals surface area contributed by atoms with Gasteiger partial charge in [0.05, 0.1) is 18.5 Å². The van der Waals surface area contributed by atoms with Gasteiger partial charge in [-0.3, -0.25) is 0 Å². The topological polar surface area (TPSA) is 29.5 Å². The lowest BCUT2D eigenvalue weighted by atomic mass is 9.48.